The molecule has 2 aliphatic rings. The minimum atomic E-state index is -1.17. The largest absolute Gasteiger partial charge is 0.493 e. The molecule has 1 aliphatic heterocycles. The van der Waals surface area contributed by atoms with Crippen molar-refractivity contribution in [3.8, 4) is 11.5 Å². The highest BCUT2D eigenvalue weighted by Crippen LogP contribution is 2.51. The number of aldehydes is 1. The molecule has 2 aromatic carbocycles. The first-order chi connectivity index (χ1) is 17.3. The number of hydrogen-bond acceptors (Lipinski definition) is 7. The van der Waals surface area contributed by atoms with Crippen molar-refractivity contribution in [1.29, 1.82) is 0 Å². The molecule has 4 atom stereocenters. The number of aliphatic hydroxyl groups excluding tert-OH is 2. The fraction of sp³-hybridized carbons (Fsp3) is 0.370. The molecule has 36 heavy (non-hydrogen) atoms. The number of aliphatic hydroxyl groups is 2. The van der Waals surface area contributed by atoms with Crippen LogP contribution in [-0.2, 0) is 16.1 Å². The molecule has 0 spiro atoms. The Balaban J connectivity index is 1.79. The van der Waals surface area contributed by atoms with Crippen molar-refractivity contribution in [2.75, 3.05) is 20.3 Å². The maximum atomic E-state index is 13.2. The second kappa shape index (κ2) is 10.5. The van der Waals surface area contributed by atoms with E-state index in [0.29, 0.717) is 28.9 Å². The van der Waals surface area contributed by atoms with Crippen LogP contribution < -0.4 is 14.8 Å². The predicted molar refractivity (Wildman–Crippen MR) is 131 cm³/mol. The van der Waals surface area contributed by atoms with E-state index in [9.17, 15) is 24.6 Å². The van der Waals surface area contributed by atoms with Gasteiger partial charge in [0.1, 0.15) is 18.5 Å². The van der Waals surface area contributed by atoms with Crippen molar-refractivity contribution in [3.05, 3.63) is 70.3 Å². The number of amides is 2. The molecule has 9 heteroatoms. The van der Waals surface area contributed by atoms with Gasteiger partial charge in [-0.1, -0.05) is 29.8 Å². The Morgan fingerprint density at radius 3 is 2.56 bits per heavy atom. The highest BCUT2D eigenvalue weighted by Gasteiger charge is 2.51. The van der Waals surface area contributed by atoms with Gasteiger partial charge in [0, 0.05) is 36.7 Å². The standard InChI is InChI=1S/C27H30N2O7/c1-15-4-6-17(7-5-15)13-29(16(2)32)21-12-20(27(34)28-8-9-30)23-19-10-18(14-31)11-22(35-3)25(19)36-26(23)24(21)33/h4-7,10-12,14,21,23-24,26,30,33H,8-9,13H2,1-3H3,(H,28,34). The molecule has 2 amide bonds. The van der Waals surface area contributed by atoms with Crippen LogP contribution in [0, 0.1) is 6.92 Å². The summed E-state index contributed by atoms with van der Waals surface area (Å²) in [7, 11) is 1.44. The maximum Gasteiger partial charge on any atom is 0.247 e. The van der Waals surface area contributed by atoms with Crippen LogP contribution in [0.15, 0.2) is 48.0 Å². The second-order valence-electron chi connectivity index (χ2n) is 9.03. The zero-order valence-corrected chi connectivity index (χ0v) is 20.4. The van der Waals surface area contributed by atoms with Crippen molar-refractivity contribution in [2.24, 2.45) is 0 Å². The fourth-order valence-electron chi connectivity index (χ4n) is 4.88. The van der Waals surface area contributed by atoms with Crippen LogP contribution >= 0.6 is 0 Å². The normalized spacial score (nSPS) is 22.0. The average molecular weight is 495 g/mol. The first-order valence-corrected chi connectivity index (χ1v) is 11.7. The van der Waals surface area contributed by atoms with E-state index in [1.165, 1.54) is 25.0 Å². The Morgan fingerprint density at radius 1 is 1.22 bits per heavy atom. The molecule has 0 aromatic heterocycles. The predicted octanol–water partition coefficient (Wildman–Crippen LogP) is 1.49. The van der Waals surface area contributed by atoms with E-state index in [1.807, 2.05) is 31.2 Å². The molecule has 1 aliphatic carbocycles. The van der Waals surface area contributed by atoms with Crippen molar-refractivity contribution >= 4 is 18.1 Å². The molecule has 0 fully saturated rings. The van der Waals surface area contributed by atoms with Gasteiger partial charge in [-0.3, -0.25) is 14.4 Å². The summed E-state index contributed by atoms with van der Waals surface area (Å²) in [4.78, 5) is 39.0. The van der Waals surface area contributed by atoms with E-state index in [2.05, 4.69) is 5.32 Å². The lowest BCUT2D eigenvalue weighted by Crippen LogP contribution is -2.55. The molecular weight excluding hydrogens is 464 g/mol. The molecule has 0 saturated heterocycles. The van der Waals surface area contributed by atoms with Gasteiger partial charge in [0.15, 0.2) is 11.5 Å². The van der Waals surface area contributed by atoms with Gasteiger partial charge in [-0.2, -0.15) is 0 Å². The van der Waals surface area contributed by atoms with Gasteiger partial charge < -0.3 is 29.9 Å². The Hall–Kier alpha value is -3.69. The third-order valence-corrected chi connectivity index (χ3v) is 6.65. The number of rotatable bonds is 8. The first-order valence-electron chi connectivity index (χ1n) is 11.7. The van der Waals surface area contributed by atoms with E-state index < -0.39 is 30.1 Å². The molecule has 0 saturated carbocycles. The zero-order valence-electron chi connectivity index (χ0n) is 20.4. The smallest absolute Gasteiger partial charge is 0.247 e. The molecule has 3 N–H and O–H groups in total. The van der Waals surface area contributed by atoms with Crippen LogP contribution in [0.3, 0.4) is 0 Å². The number of nitrogens with one attached hydrogen (secondary N) is 1. The van der Waals surface area contributed by atoms with Crippen molar-refractivity contribution < 1.29 is 34.1 Å². The Morgan fingerprint density at radius 2 is 1.94 bits per heavy atom. The molecule has 1 heterocycles. The van der Waals surface area contributed by atoms with Crippen LogP contribution in [0.5, 0.6) is 11.5 Å². The van der Waals surface area contributed by atoms with Gasteiger partial charge in [0.05, 0.1) is 25.7 Å². The Labute approximate surface area is 209 Å². The number of fused-ring (bicyclic) bond motifs is 3. The number of carbonyl (C=O) groups excluding carboxylic acids is 3. The van der Waals surface area contributed by atoms with Gasteiger partial charge in [-0.25, -0.2) is 0 Å². The van der Waals surface area contributed by atoms with Crippen LogP contribution in [-0.4, -0.2) is 71.7 Å². The minimum Gasteiger partial charge on any atom is -0.493 e. The summed E-state index contributed by atoms with van der Waals surface area (Å²) < 4.78 is 11.6. The van der Waals surface area contributed by atoms with E-state index in [1.54, 1.807) is 12.1 Å². The van der Waals surface area contributed by atoms with Gasteiger partial charge in [0.25, 0.3) is 0 Å². The summed E-state index contributed by atoms with van der Waals surface area (Å²) in [6, 6.07) is 10.00. The molecule has 2 aromatic rings. The van der Waals surface area contributed by atoms with Gasteiger partial charge in [-0.15, -0.1) is 0 Å². The number of hydrogen-bond donors (Lipinski definition) is 3. The van der Waals surface area contributed by atoms with Crippen LogP contribution in [0.4, 0.5) is 0 Å². The molecule has 0 radical (unpaired) electrons. The van der Waals surface area contributed by atoms with Crippen LogP contribution in [0.1, 0.15) is 39.9 Å². The molecule has 0 bridgehead atoms. The molecular formula is C27H30N2O7. The van der Waals surface area contributed by atoms with E-state index in [0.717, 1.165) is 11.1 Å². The topological polar surface area (TPSA) is 125 Å². The van der Waals surface area contributed by atoms with E-state index in [4.69, 9.17) is 9.47 Å². The minimum absolute atomic E-state index is 0.0337. The second-order valence-corrected chi connectivity index (χ2v) is 9.03. The third kappa shape index (κ3) is 4.72. The fourth-order valence-corrected chi connectivity index (χ4v) is 4.88. The monoisotopic (exact) mass is 494 g/mol. The number of ether oxygens (including phenoxy) is 2. The van der Waals surface area contributed by atoms with Crippen molar-refractivity contribution in [2.45, 2.75) is 44.6 Å². The summed E-state index contributed by atoms with van der Waals surface area (Å²) in [5.41, 5.74) is 3.11. The van der Waals surface area contributed by atoms with Crippen LogP contribution in [0.25, 0.3) is 0 Å². The van der Waals surface area contributed by atoms with E-state index in [-0.39, 0.29) is 31.2 Å². The first kappa shape index (κ1) is 25.4. The maximum absolute atomic E-state index is 13.2. The lowest BCUT2D eigenvalue weighted by Gasteiger charge is -2.40. The summed E-state index contributed by atoms with van der Waals surface area (Å²) in [5, 5.41) is 23.4. The summed E-state index contributed by atoms with van der Waals surface area (Å²) in [5.74, 6) is -0.785. The average Bonchev–Trinajstić information content (AvgIpc) is 3.26. The van der Waals surface area contributed by atoms with Gasteiger partial charge >= 0.3 is 0 Å². The molecule has 190 valence electrons. The SMILES string of the molecule is COc1cc(C=O)cc2c1OC1C2C(C(=O)NCCO)=CC(N(Cc2ccc(C)cc2)C(C)=O)C1O. The highest BCUT2D eigenvalue weighted by molar-refractivity contribution is 5.96. The molecule has 4 unspecified atom stereocenters. The van der Waals surface area contributed by atoms with Gasteiger partial charge in [0.2, 0.25) is 11.8 Å². The number of aryl methyl sites for hydroxylation is 1. The number of nitrogens with zero attached hydrogens (tertiary/aromatic N) is 1. The highest BCUT2D eigenvalue weighted by atomic mass is 16.5. The third-order valence-electron chi connectivity index (χ3n) is 6.65. The van der Waals surface area contributed by atoms with Crippen molar-refractivity contribution in [3.63, 3.8) is 0 Å². The quantitative estimate of drug-likeness (QED) is 0.475. The molecule has 4 rings (SSSR count). The molecule has 9 nitrogen and oxygen atoms in total. The van der Waals surface area contributed by atoms with E-state index >= 15 is 0 Å². The number of carbonyl (C=O) groups is 3. The lowest BCUT2D eigenvalue weighted by atomic mass is 9.77. The summed E-state index contributed by atoms with van der Waals surface area (Å²) in [6.45, 7) is 3.39. The number of methoxy groups -OCH3 is 1. The lowest BCUT2D eigenvalue weighted by molar-refractivity contribution is -0.135. The Bertz CT molecular complexity index is 1190. The van der Waals surface area contributed by atoms with Crippen LogP contribution in [0.2, 0.25) is 0 Å². The van der Waals surface area contributed by atoms with Crippen molar-refractivity contribution in [1.82, 2.24) is 10.2 Å². The zero-order chi connectivity index (χ0) is 26.0. The summed E-state index contributed by atoms with van der Waals surface area (Å²) in [6.07, 6.45) is 0.190. The Kier molecular flexibility index (Phi) is 7.42. The van der Waals surface area contributed by atoms with Gasteiger partial charge in [-0.05, 0) is 30.7 Å². The summed E-state index contributed by atoms with van der Waals surface area (Å²) >= 11 is 0. The number of benzene rings is 2.